The summed E-state index contributed by atoms with van der Waals surface area (Å²) in [6.07, 6.45) is 0.362. The van der Waals surface area contributed by atoms with Gasteiger partial charge in [-0.2, -0.15) is 0 Å². The topological polar surface area (TPSA) is 58.2 Å². The molecule has 4 nitrogen and oxygen atoms in total. The van der Waals surface area contributed by atoms with Gasteiger partial charge >= 0.3 is 0 Å². The van der Waals surface area contributed by atoms with E-state index in [-0.39, 0.29) is 11.8 Å². The van der Waals surface area contributed by atoms with Crippen LogP contribution in [0.1, 0.15) is 29.3 Å². The van der Waals surface area contributed by atoms with Gasteiger partial charge in [-0.25, -0.2) is 0 Å². The molecule has 2 amide bonds. The number of para-hydroxylation sites is 1. The minimum Gasteiger partial charge on any atom is -0.348 e. The van der Waals surface area contributed by atoms with Crippen molar-refractivity contribution < 1.29 is 9.59 Å². The van der Waals surface area contributed by atoms with Gasteiger partial charge in [0.2, 0.25) is 5.91 Å². The standard InChI is InChI=1S/C17H17ClN2O2/c1-2-16(21)20-15-6-4-3-5-14(15)17(22)19-11-12-7-9-13(18)10-8-12/h3-10H,2,11H2,1H3,(H,19,22)(H,20,21). The summed E-state index contributed by atoms with van der Waals surface area (Å²) in [5.74, 6) is -0.361. The second-order valence-electron chi connectivity index (χ2n) is 4.76. The van der Waals surface area contributed by atoms with Gasteiger partial charge in [0.05, 0.1) is 11.3 Å². The van der Waals surface area contributed by atoms with Crippen molar-refractivity contribution in [3.63, 3.8) is 0 Å². The van der Waals surface area contributed by atoms with Crippen LogP contribution in [0.15, 0.2) is 48.5 Å². The lowest BCUT2D eigenvalue weighted by Crippen LogP contribution is -2.24. The lowest BCUT2D eigenvalue weighted by molar-refractivity contribution is -0.115. The molecule has 0 saturated carbocycles. The van der Waals surface area contributed by atoms with Gasteiger partial charge in [-0.3, -0.25) is 9.59 Å². The molecule has 0 atom stereocenters. The van der Waals surface area contributed by atoms with Crippen LogP contribution in [0.25, 0.3) is 0 Å². The van der Waals surface area contributed by atoms with Gasteiger partial charge in [-0.1, -0.05) is 42.8 Å². The van der Waals surface area contributed by atoms with E-state index in [0.717, 1.165) is 5.56 Å². The van der Waals surface area contributed by atoms with Gasteiger partial charge < -0.3 is 10.6 Å². The van der Waals surface area contributed by atoms with E-state index in [0.29, 0.717) is 29.2 Å². The van der Waals surface area contributed by atoms with E-state index in [2.05, 4.69) is 10.6 Å². The second-order valence-corrected chi connectivity index (χ2v) is 5.19. The summed E-state index contributed by atoms with van der Waals surface area (Å²) in [7, 11) is 0. The third-order valence-corrected chi connectivity index (χ3v) is 3.39. The Morgan fingerprint density at radius 3 is 2.41 bits per heavy atom. The number of amides is 2. The summed E-state index contributed by atoms with van der Waals surface area (Å²) in [6.45, 7) is 2.16. The first-order valence-electron chi connectivity index (χ1n) is 7.01. The maximum Gasteiger partial charge on any atom is 0.253 e. The van der Waals surface area contributed by atoms with Crippen molar-refractivity contribution >= 4 is 29.1 Å². The summed E-state index contributed by atoms with van der Waals surface area (Å²) in [5.41, 5.74) is 1.91. The van der Waals surface area contributed by atoms with Gasteiger partial charge in [-0.05, 0) is 29.8 Å². The highest BCUT2D eigenvalue weighted by Gasteiger charge is 2.12. The molecule has 2 aromatic carbocycles. The van der Waals surface area contributed by atoms with Crippen LogP contribution in [0.4, 0.5) is 5.69 Å². The van der Waals surface area contributed by atoms with E-state index < -0.39 is 0 Å². The molecule has 0 heterocycles. The first-order valence-corrected chi connectivity index (χ1v) is 7.39. The van der Waals surface area contributed by atoms with Crippen LogP contribution in [0, 0.1) is 0 Å². The van der Waals surface area contributed by atoms with Crippen molar-refractivity contribution in [1.29, 1.82) is 0 Å². The number of halogens is 1. The van der Waals surface area contributed by atoms with E-state index in [1.54, 1.807) is 43.3 Å². The maximum absolute atomic E-state index is 12.3. The highest BCUT2D eigenvalue weighted by Crippen LogP contribution is 2.16. The zero-order chi connectivity index (χ0) is 15.9. The summed E-state index contributed by atoms with van der Waals surface area (Å²) in [5, 5.41) is 6.22. The minimum atomic E-state index is -0.234. The number of benzene rings is 2. The van der Waals surface area contributed by atoms with Crippen LogP contribution in [0.5, 0.6) is 0 Å². The molecule has 2 aromatic rings. The third-order valence-electron chi connectivity index (χ3n) is 3.13. The summed E-state index contributed by atoms with van der Waals surface area (Å²) >= 11 is 5.83. The number of hydrogen-bond donors (Lipinski definition) is 2. The number of anilines is 1. The second kappa shape index (κ2) is 7.61. The van der Waals surface area contributed by atoms with Crippen molar-refractivity contribution in [3.8, 4) is 0 Å². The molecule has 114 valence electrons. The fourth-order valence-electron chi connectivity index (χ4n) is 1.91. The fourth-order valence-corrected chi connectivity index (χ4v) is 2.03. The lowest BCUT2D eigenvalue weighted by Gasteiger charge is -2.11. The normalized spacial score (nSPS) is 10.1. The number of carbonyl (C=O) groups excluding carboxylic acids is 2. The van der Waals surface area contributed by atoms with Gasteiger partial charge in [0.15, 0.2) is 0 Å². The Balaban J connectivity index is 2.06. The average molecular weight is 317 g/mol. The van der Waals surface area contributed by atoms with Gasteiger partial charge in [-0.15, -0.1) is 0 Å². The molecule has 0 bridgehead atoms. The highest BCUT2D eigenvalue weighted by atomic mass is 35.5. The van der Waals surface area contributed by atoms with Crippen LogP contribution in [-0.4, -0.2) is 11.8 Å². The van der Waals surface area contributed by atoms with Crippen LogP contribution in [-0.2, 0) is 11.3 Å². The Morgan fingerprint density at radius 2 is 1.73 bits per heavy atom. The molecule has 0 aliphatic carbocycles. The van der Waals surface area contributed by atoms with Gasteiger partial charge in [0.25, 0.3) is 5.91 Å². The van der Waals surface area contributed by atoms with Gasteiger partial charge in [0, 0.05) is 18.0 Å². The molecule has 0 radical (unpaired) electrons. The van der Waals surface area contributed by atoms with Crippen molar-refractivity contribution in [1.82, 2.24) is 5.32 Å². The van der Waals surface area contributed by atoms with E-state index in [1.807, 2.05) is 12.1 Å². The first-order chi connectivity index (χ1) is 10.6. The van der Waals surface area contributed by atoms with Crippen LogP contribution < -0.4 is 10.6 Å². The lowest BCUT2D eigenvalue weighted by atomic mass is 10.1. The van der Waals surface area contributed by atoms with Crippen molar-refractivity contribution in [2.24, 2.45) is 0 Å². The molecule has 0 unspecified atom stereocenters. The maximum atomic E-state index is 12.3. The predicted octanol–water partition coefficient (Wildman–Crippen LogP) is 3.62. The monoisotopic (exact) mass is 316 g/mol. The zero-order valence-corrected chi connectivity index (χ0v) is 13.0. The molecule has 22 heavy (non-hydrogen) atoms. The molecular formula is C17H17ClN2O2. The molecule has 2 N–H and O–H groups in total. The molecular weight excluding hydrogens is 300 g/mol. The van der Waals surface area contributed by atoms with Crippen molar-refractivity contribution in [3.05, 3.63) is 64.7 Å². The molecule has 0 saturated heterocycles. The zero-order valence-electron chi connectivity index (χ0n) is 12.2. The molecule has 5 heteroatoms. The summed E-state index contributed by atoms with van der Waals surface area (Å²) in [6, 6.07) is 14.2. The largest absolute Gasteiger partial charge is 0.348 e. The van der Waals surface area contributed by atoms with Crippen LogP contribution >= 0.6 is 11.6 Å². The average Bonchev–Trinajstić information content (AvgIpc) is 2.54. The Labute approximate surface area is 134 Å². The Morgan fingerprint density at radius 1 is 1.05 bits per heavy atom. The predicted molar refractivity (Wildman–Crippen MR) is 88.0 cm³/mol. The third kappa shape index (κ3) is 4.33. The number of nitrogens with one attached hydrogen (secondary N) is 2. The summed E-state index contributed by atoms with van der Waals surface area (Å²) in [4.78, 5) is 23.8. The van der Waals surface area contributed by atoms with Crippen molar-refractivity contribution in [2.75, 3.05) is 5.32 Å². The first kappa shape index (κ1) is 16.0. The number of carbonyl (C=O) groups is 2. The minimum absolute atomic E-state index is 0.127. The SMILES string of the molecule is CCC(=O)Nc1ccccc1C(=O)NCc1ccc(Cl)cc1. The molecule has 0 spiro atoms. The quantitative estimate of drug-likeness (QED) is 0.885. The van der Waals surface area contributed by atoms with Gasteiger partial charge in [0.1, 0.15) is 0 Å². The number of rotatable bonds is 5. The van der Waals surface area contributed by atoms with E-state index in [1.165, 1.54) is 0 Å². The van der Waals surface area contributed by atoms with Crippen molar-refractivity contribution in [2.45, 2.75) is 19.9 Å². The van der Waals surface area contributed by atoms with E-state index >= 15 is 0 Å². The molecule has 0 fully saturated rings. The summed E-state index contributed by atoms with van der Waals surface area (Å²) < 4.78 is 0. The van der Waals surface area contributed by atoms with E-state index in [4.69, 9.17) is 11.6 Å². The fraction of sp³-hybridized carbons (Fsp3) is 0.176. The molecule has 2 rings (SSSR count). The highest BCUT2D eigenvalue weighted by molar-refractivity contribution is 6.30. The molecule has 0 aliphatic heterocycles. The van der Waals surface area contributed by atoms with Crippen LogP contribution in [0.2, 0.25) is 5.02 Å². The molecule has 0 aromatic heterocycles. The van der Waals surface area contributed by atoms with E-state index in [9.17, 15) is 9.59 Å². The smallest absolute Gasteiger partial charge is 0.253 e. The Hall–Kier alpha value is -2.33. The Bertz CT molecular complexity index is 669. The molecule has 0 aliphatic rings. The Kier molecular flexibility index (Phi) is 5.55. The van der Waals surface area contributed by atoms with Crippen LogP contribution in [0.3, 0.4) is 0 Å². The number of hydrogen-bond acceptors (Lipinski definition) is 2.